The second-order valence-corrected chi connectivity index (χ2v) is 7.19. The van der Waals surface area contributed by atoms with Crippen LogP contribution in [0.2, 0.25) is 0 Å². The highest BCUT2D eigenvalue weighted by atomic mass is 32.2. The van der Waals surface area contributed by atoms with Crippen LogP contribution in [0.3, 0.4) is 0 Å². The lowest BCUT2D eigenvalue weighted by Gasteiger charge is -2.37. The molecule has 2 aliphatic heterocycles. The van der Waals surface area contributed by atoms with Gasteiger partial charge in [0.25, 0.3) is 5.69 Å². The lowest BCUT2D eigenvalue weighted by molar-refractivity contribution is -0.385. The van der Waals surface area contributed by atoms with E-state index in [0.717, 1.165) is 18.2 Å². The molecule has 146 valence electrons. The average molecular weight is 409 g/mol. The normalized spacial score (nSPS) is 27.6. The maximum atomic E-state index is 14.5. The fourth-order valence-corrected chi connectivity index (χ4v) is 4.54. The molecule has 0 radical (unpaired) electrons. The summed E-state index contributed by atoms with van der Waals surface area (Å²) in [4.78, 5) is 24.9. The molecular formula is C14H11F4N3O5S. The zero-order valence-corrected chi connectivity index (χ0v) is 14.0. The first kappa shape index (κ1) is 19.4. The molecule has 1 saturated heterocycles. The van der Waals surface area contributed by atoms with Gasteiger partial charge in [0.1, 0.15) is 5.82 Å². The van der Waals surface area contributed by atoms with Gasteiger partial charge in [0, 0.05) is 30.2 Å². The van der Waals surface area contributed by atoms with Crippen LogP contribution < -0.4 is 5.32 Å². The molecule has 0 bridgehead atoms. The van der Waals surface area contributed by atoms with Gasteiger partial charge in [0.05, 0.1) is 16.3 Å². The zero-order chi connectivity index (χ0) is 20.0. The summed E-state index contributed by atoms with van der Waals surface area (Å²) in [6, 6.07) is 2.53. The Kier molecular flexibility index (Phi) is 4.76. The van der Waals surface area contributed by atoms with Gasteiger partial charge < -0.3 is 9.84 Å². The first-order valence-corrected chi connectivity index (χ1v) is 8.22. The summed E-state index contributed by atoms with van der Waals surface area (Å²) in [6.07, 6.45) is -8.53. The molecule has 8 nitrogen and oxygen atoms in total. The standard InChI is InChI=1S/C14H11F4N3O5S/c15-9-2-1-6(21(24)25)3-7(9)13-5-26-10(14(16,17)18)8(13)4-19-11(27-13)20-12(22)23/h1-3,8,10H,4-5H2,(H,19,20)(H,22,23)/t8-,10-,13+/m0/s1. The number of amidine groups is 1. The minimum Gasteiger partial charge on any atom is -0.465 e. The third kappa shape index (κ3) is 3.43. The molecule has 1 fully saturated rings. The lowest BCUT2D eigenvalue weighted by atomic mass is 9.83. The van der Waals surface area contributed by atoms with Gasteiger partial charge in [-0.15, -0.1) is 0 Å². The van der Waals surface area contributed by atoms with Crippen molar-refractivity contribution in [3.05, 3.63) is 39.7 Å². The minimum atomic E-state index is -4.77. The van der Waals surface area contributed by atoms with Crippen LogP contribution in [-0.2, 0) is 9.48 Å². The third-order valence-corrected chi connectivity index (χ3v) is 5.73. The molecule has 1 amide bonds. The van der Waals surface area contributed by atoms with Crippen molar-refractivity contribution < 1.29 is 37.1 Å². The van der Waals surface area contributed by atoms with E-state index in [1.807, 2.05) is 5.32 Å². The predicted octanol–water partition coefficient (Wildman–Crippen LogP) is 2.88. The lowest BCUT2D eigenvalue weighted by Crippen LogP contribution is -2.47. The molecule has 0 spiro atoms. The first-order valence-electron chi connectivity index (χ1n) is 7.41. The third-order valence-electron chi connectivity index (χ3n) is 4.31. The number of halogens is 4. The smallest absolute Gasteiger partial charge is 0.415 e. The number of nitrogens with one attached hydrogen (secondary N) is 1. The number of non-ortho nitro benzene ring substituents is 1. The summed E-state index contributed by atoms with van der Waals surface area (Å²) in [5.41, 5.74) is -0.871. The maximum Gasteiger partial charge on any atom is 0.415 e. The monoisotopic (exact) mass is 409 g/mol. The highest BCUT2D eigenvalue weighted by Crippen LogP contribution is 2.56. The number of thioether (sulfide) groups is 1. The summed E-state index contributed by atoms with van der Waals surface area (Å²) >= 11 is 0.556. The van der Waals surface area contributed by atoms with E-state index in [1.54, 1.807) is 0 Å². The van der Waals surface area contributed by atoms with Crippen molar-refractivity contribution in [1.29, 1.82) is 0 Å². The molecular weight excluding hydrogens is 398 g/mol. The van der Waals surface area contributed by atoms with E-state index in [0.29, 0.717) is 11.8 Å². The molecule has 3 rings (SSSR count). The fourth-order valence-electron chi connectivity index (χ4n) is 3.18. The second-order valence-electron chi connectivity index (χ2n) is 5.87. The number of fused-ring (bicyclic) bond motifs is 1. The number of ether oxygens (including phenoxy) is 1. The first-order chi connectivity index (χ1) is 12.5. The molecule has 0 unspecified atom stereocenters. The van der Waals surface area contributed by atoms with Gasteiger partial charge in [-0.2, -0.15) is 13.2 Å². The Bertz CT molecular complexity index is 833. The van der Waals surface area contributed by atoms with Crippen LogP contribution in [0.1, 0.15) is 5.56 Å². The van der Waals surface area contributed by atoms with Crippen molar-refractivity contribution in [2.24, 2.45) is 10.9 Å². The van der Waals surface area contributed by atoms with Crippen LogP contribution in [-0.4, -0.2) is 46.7 Å². The number of alkyl halides is 3. The number of nitrogens with zero attached hydrogens (tertiary/aromatic N) is 2. The maximum absolute atomic E-state index is 14.5. The Morgan fingerprint density at radius 3 is 2.78 bits per heavy atom. The zero-order valence-electron chi connectivity index (χ0n) is 13.2. The van der Waals surface area contributed by atoms with Crippen molar-refractivity contribution in [2.45, 2.75) is 17.0 Å². The van der Waals surface area contributed by atoms with Crippen molar-refractivity contribution in [3.63, 3.8) is 0 Å². The summed E-state index contributed by atoms with van der Waals surface area (Å²) in [5.74, 6) is -2.35. The number of benzene rings is 1. The van der Waals surface area contributed by atoms with Crippen LogP contribution in [0.15, 0.2) is 23.2 Å². The Balaban J connectivity index is 2.13. The molecule has 0 aromatic heterocycles. The molecule has 3 atom stereocenters. The number of carbonyl (C=O) groups is 1. The fraction of sp³-hybridized carbons (Fsp3) is 0.429. The number of hydrogen-bond donors (Lipinski definition) is 2. The SMILES string of the molecule is O=C(O)NC1=NC[C@H]2[C@@H](C(F)(F)F)OC[C@]2(c2cc([N+](=O)[O-])ccc2F)S1. The summed E-state index contributed by atoms with van der Waals surface area (Å²) in [6.45, 7) is -1.11. The summed E-state index contributed by atoms with van der Waals surface area (Å²) in [7, 11) is 0. The van der Waals surface area contributed by atoms with Crippen LogP contribution in [0.5, 0.6) is 0 Å². The summed E-state index contributed by atoms with van der Waals surface area (Å²) in [5, 5.41) is 21.6. The van der Waals surface area contributed by atoms with Crippen molar-refractivity contribution in [3.8, 4) is 0 Å². The molecule has 1 aromatic rings. The number of aliphatic imine (C=N–C) groups is 1. The Morgan fingerprint density at radius 1 is 1.48 bits per heavy atom. The van der Waals surface area contributed by atoms with Crippen molar-refractivity contribution in [1.82, 2.24) is 5.32 Å². The summed E-state index contributed by atoms with van der Waals surface area (Å²) < 4.78 is 57.7. The van der Waals surface area contributed by atoms with Crippen LogP contribution in [0.25, 0.3) is 0 Å². The van der Waals surface area contributed by atoms with Gasteiger partial charge in [-0.1, -0.05) is 11.8 Å². The van der Waals surface area contributed by atoms with Gasteiger partial charge in [-0.25, -0.2) is 9.18 Å². The number of nitro benzene ring substituents is 1. The van der Waals surface area contributed by atoms with E-state index in [-0.39, 0.29) is 10.7 Å². The molecule has 2 aliphatic rings. The van der Waals surface area contributed by atoms with Crippen molar-refractivity contribution >= 4 is 28.7 Å². The second kappa shape index (κ2) is 6.64. The molecule has 2 N–H and O–H groups in total. The van der Waals surface area contributed by atoms with Gasteiger partial charge >= 0.3 is 12.3 Å². The van der Waals surface area contributed by atoms with Gasteiger partial charge in [-0.3, -0.25) is 20.4 Å². The molecule has 2 heterocycles. The molecule has 27 heavy (non-hydrogen) atoms. The average Bonchev–Trinajstić information content (AvgIpc) is 2.94. The van der Waals surface area contributed by atoms with E-state index >= 15 is 0 Å². The quantitative estimate of drug-likeness (QED) is 0.441. The number of carboxylic acid groups (broad SMARTS) is 1. The Labute approximate surface area is 152 Å². The predicted molar refractivity (Wildman–Crippen MR) is 85.1 cm³/mol. The largest absolute Gasteiger partial charge is 0.465 e. The van der Waals surface area contributed by atoms with Gasteiger partial charge in [0.2, 0.25) is 0 Å². The highest BCUT2D eigenvalue weighted by Gasteiger charge is 2.62. The number of nitro groups is 1. The molecule has 13 heteroatoms. The minimum absolute atomic E-state index is 0.240. The van der Waals surface area contributed by atoms with E-state index in [1.165, 1.54) is 0 Å². The topological polar surface area (TPSA) is 114 Å². The van der Waals surface area contributed by atoms with E-state index in [9.17, 15) is 32.5 Å². The Morgan fingerprint density at radius 2 is 2.19 bits per heavy atom. The number of amides is 1. The molecule has 0 saturated carbocycles. The Hall–Kier alpha value is -2.41. The highest BCUT2D eigenvalue weighted by molar-refractivity contribution is 8.14. The molecule has 0 aliphatic carbocycles. The van der Waals surface area contributed by atoms with Crippen LogP contribution >= 0.6 is 11.8 Å². The number of rotatable bonds is 2. The number of hydrogen-bond acceptors (Lipinski definition) is 6. The van der Waals surface area contributed by atoms with Gasteiger partial charge in [-0.05, 0) is 6.07 Å². The van der Waals surface area contributed by atoms with E-state index in [4.69, 9.17) is 9.84 Å². The van der Waals surface area contributed by atoms with E-state index in [2.05, 4.69) is 4.99 Å². The molecule has 1 aromatic carbocycles. The van der Waals surface area contributed by atoms with Crippen molar-refractivity contribution in [2.75, 3.05) is 13.2 Å². The van der Waals surface area contributed by atoms with Crippen LogP contribution in [0, 0.1) is 21.8 Å². The van der Waals surface area contributed by atoms with Crippen LogP contribution in [0.4, 0.5) is 28.0 Å². The van der Waals surface area contributed by atoms with E-state index < -0.39 is 58.6 Å². The van der Waals surface area contributed by atoms with Gasteiger partial charge in [0.15, 0.2) is 11.3 Å².